The highest BCUT2D eigenvalue weighted by Gasteiger charge is 2.24. The molecule has 0 spiro atoms. The number of aromatic nitrogens is 3. The van der Waals surface area contributed by atoms with Crippen LogP contribution in [0.2, 0.25) is 5.02 Å². The highest BCUT2D eigenvalue weighted by atomic mass is 35.5. The van der Waals surface area contributed by atoms with Gasteiger partial charge >= 0.3 is 11.7 Å². The Hall–Kier alpha value is -4.28. The van der Waals surface area contributed by atoms with Crippen LogP contribution < -0.4 is 16.7 Å². The number of nitrogens with one attached hydrogen (secondary N) is 2. The Morgan fingerprint density at radius 3 is 2.54 bits per heavy atom. The second-order valence-corrected chi connectivity index (χ2v) is 9.25. The minimum Gasteiger partial charge on any atom is -0.465 e. The molecule has 2 atom stereocenters. The number of rotatable bonds is 10. The van der Waals surface area contributed by atoms with Crippen molar-refractivity contribution in [2.75, 3.05) is 6.61 Å². The summed E-state index contributed by atoms with van der Waals surface area (Å²) in [6, 6.07) is 18.4. The number of aromatic amines is 1. The zero-order valence-corrected chi connectivity index (χ0v) is 21.8. The molecular weight excluding hydrogens is 525 g/mol. The summed E-state index contributed by atoms with van der Waals surface area (Å²) in [6.07, 6.45) is 0.361. The summed E-state index contributed by atoms with van der Waals surface area (Å²) in [5.41, 5.74) is 7.76. The maximum absolute atomic E-state index is 14.3. The molecule has 0 aliphatic carbocycles. The van der Waals surface area contributed by atoms with E-state index in [0.29, 0.717) is 28.3 Å². The molecular formula is C28H27ClFN5O4. The van der Waals surface area contributed by atoms with Gasteiger partial charge in [0.15, 0.2) is 0 Å². The summed E-state index contributed by atoms with van der Waals surface area (Å²) < 4.78 is 20.4. The lowest BCUT2D eigenvalue weighted by molar-refractivity contribution is -0.145. The maximum Gasteiger partial charge on any atom is 0.348 e. The van der Waals surface area contributed by atoms with E-state index in [4.69, 9.17) is 22.1 Å². The van der Waals surface area contributed by atoms with Crippen LogP contribution in [0.5, 0.6) is 0 Å². The monoisotopic (exact) mass is 551 g/mol. The lowest BCUT2D eigenvalue weighted by Gasteiger charge is -2.21. The van der Waals surface area contributed by atoms with Crippen molar-refractivity contribution in [3.8, 4) is 16.8 Å². The largest absolute Gasteiger partial charge is 0.465 e. The molecule has 1 aromatic heterocycles. The fourth-order valence-electron chi connectivity index (χ4n) is 4.09. The highest BCUT2D eigenvalue weighted by molar-refractivity contribution is 6.30. The molecule has 39 heavy (non-hydrogen) atoms. The van der Waals surface area contributed by atoms with Crippen molar-refractivity contribution in [2.45, 2.75) is 31.8 Å². The van der Waals surface area contributed by atoms with Crippen LogP contribution in [0.15, 0.2) is 77.6 Å². The Balaban J connectivity index is 1.54. The van der Waals surface area contributed by atoms with Crippen LogP contribution in [0.25, 0.3) is 16.8 Å². The molecule has 4 aromatic rings. The molecule has 4 N–H and O–H groups in total. The Bertz CT molecular complexity index is 1500. The van der Waals surface area contributed by atoms with Crippen LogP contribution in [0.4, 0.5) is 4.39 Å². The van der Waals surface area contributed by atoms with Gasteiger partial charge < -0.3 is 15.8 Å². The molecule has 0 aliphatic heterocycles. The average molecular weight is 552 g/mol. The maximum atomic E-state index is 14.3. The third-order valence-electron chi connectivity index (χ3n) is 5.97. The van der Waals surface area contributed by atoms with Crippen molar-refractivity contribution >= 4 is 23.5 Å². The molecule has 0 fully saturated rings. The highest BCUT2D eigenvalue weighted by Crippen LogP contribution is 2.26. The van der Waals surface area contributed by atoms with Crippen molar-refractivity contribution < 1.29 is 18.7 Å². The number of ether oxygens (including phenoxy) is 1. The van der Waals surface area contributed by atoms with Crippen molar-refractivity contribution in [3.63, 3.8) is 0 Å². The fraction of sp³-hybridized carbons (Fsp3) is 0.214. The van der Waals surface area contributed by atoms with Gasteiger partial charge in [-0.15, -0.1) is 5.10 Å². The summed E-state index contributed by atoms with van der Waals surface area (Å²) in [6.45, 7) is 1.84. The van der Waals surface area contributed by atoms with Gasteiger partial charge in [0.25, 0.3) is 5.91 Å². The molecule has 0 saturated carbocycles. The van der Waals surface area contributed by atoms with Crippen molar-refractivity contribution in [3.05, 3.63) is 106 Å². The number of esters is 1. The summed E-state index contributed by atoms with van der Waals surface area (Å²) in [4.78, 5) is 40.1. The van der Waals surface area contributed by atoms with Gasteiger partial charge in [0.05, 0.1) is 12.3 Å². The van der Waals surface area contributed by atoms with E-state index in [1.165, 1.54) is 12.1 Å². The first kappa shape index (κ1) is 27.7. The zero-order valence-electron chi connectivity index (χ0n) is 21.1. The van der Waals surface area contributed by atoms with Gasteiger partial charge in [-0.05, 0) is 61.2 Å². The zero-order chi connectivity index (χ0) is 27.9. The number of benzene rings is 3. The smallest absolute Gasteiger partial charge is 0.348 e. The Morgan fingerprint density at radius 2 is 1.85 bits per heavy atom. The lowest BCUT2D eigenvalue weighted by atomic mass is 9.97. The summed E-state index contributed by atoms with van der Waals surface area (Å²) in [5.74, 6) is -1.82. The molecule has 11 heteroatoms. The summed E-state index contributed by atoms with van der Waals surface area (Å²) in [5, 5.41) is 7.34. The predicted octanol–water partition coefficient (Wildman–Crippen LogP) is 3.64. The molecule has 4 rings (SSSR count). The number of halogens is 2. The van der Waals surface area contributed by atoms with Crippen LogP contribution in [-0.2, 0) is 16.0 Å². The molecule has 9 nitrogen and oxygen atoms in total. The van der Waals surface area contributed by atoms with E-state index in [-0.39, 0.29) is 18.9 Å². The first-order valence-corrected chi connectivity index (χ1v) is 12.6. The van der Waals surface area contributed by atoms with Gasteiger partial charge in [0, 0.05) is 16.6 Å². The molecule has 0 aliphatic rings. The normalized spacial score (nSPS) is 12.5. The number of hydrogen-bond acceptors (Lipinski definition) is 6. The molecule has 1 amide bonds. The van der Waals surface area contributed by atoms with Crippen LogP contribution in [0.3, 0.4) is 0 Å². The van der Waals surface area contributed by atoms with Crippen molar-refractivity contribution in [1.29, 1.82) is 0 Å². The molecule has 0 saturated heterocycles. The number of carbonyl (C=O) groups is 2. The minimum atomic E-state index is -0.990. The molecule has 3 aromatic carbocycles. The predicted molar refractivity (Wildman–Crippen MR) is 145 cm³/mol. The van der Waals surface area contributed by atoms with E-state index in [2.05, 4.69) is 15.4 Å². The van der Waals surface area contributed by atoms with E-state index in [0.717, 1.165) is 10.2 Å². The Kier molecular flexibility index (Phi) is 8.90. The number of carbonyl (C=O) groups excluding carboxylic acids is 2. The van der Waals surface area contributed by atoms with E-state index >= 15 is 0 Å². The van der Waals surface area contributed by atoms with Gasteiger partial charge in [-0.25, -0.2) is 9.18 Å². The van der Waals surface area contributed by atoms with E-state index in [9.17, 15) is 18.8 Å². The number of nitrogens with two attached hydrogens (primary N) is 1. The van der Waals surface area contributed by atoms with Gasteiger partial charge in [-0.2, -0.15) is 4.68 Å². The Labute approximate surface area is 228 Å². The van der Waals surface area contributed by atoms with Crippen LogP contribution >= 0.6 is 11.6 Å². The van der Waals surface area contributed by atoms with Gasteiger partial charge in [-0.1, -0.05) is 54.1 Å². The van der Waals surface area contributed by atoms with Gasteiger partial charge in [0.1, 0.15) is 11.9 Å². The molecule has 0 bridgehead atoms. The standard InChI is InChI=1S/C28H27ClFN5O4/c1-2-39-27(37)24(31)16-20(14-17-8-10-18(11-9-17)22-15-19(29)12-13-23(22)30)32-26(36)25-33-28(38)35(34-25)21-6-4-3-5-7-21/h3-13,15,20,24H,2,14,16,31H2,1H3,(H,32,36)(H,33,34,38)/t20-,24-/m1/s1. The quantitative estimate of drug-likeness (QED) is 0.258. The van der Waals surface area contributed by atoms with Crippen LogP contribution in [0, 0.1) is 5.82 Å². The number of nitrogens with zero attached hydrogens (tertiary/aromatic N) is 2. The number of para-hydroxylation sites is 1. The van der Waals surface area contributed by atoms with E-state index < -0.39 is 35.5 Å². The van der Waals surface area contributed by atoms with Crippen LogP contribution in [-0.4, -0.2) is 45.3 Å². The topological polar surface area (TPSA) is 132 Å². The third-order valence-corrected chi connectivity index (χ3v) is 6.21. The second kappa shape index (κ2) is 12.5. The number of hydrogen-bond donors (Lipinski definition) is 3. The van der Waals surface area contributed by atoms with E-state index in [1.807, 2.05) is 0 Å². The molecule has 202 valence electrons. The van der Waals surface area contributed by atoms with Crippen molar-refractivity contribution in [1.82, 2.24) is 20.1 Å². The number of amides is 1. The molecule has 0 unspecified atom stereocenters. The first-order valence-electron chi connectivity index (χ1n) is 12.3. The minimum absolute atomic E-state index is 0.0683. The fourth-order valence-corrected chi connectivity index (χ4v) is 4.27. The van der Waals surface area contributed by atoms with E-state index in [1.54, 1.807) is 67.6 Å². The summed E-state index contributed by atoms with van der Waals surface area (Å²) >= 11 is 6.02. The summed E-state index contributed by atoms with van der Waals surface area (Å²) in [7, 11) is 0. The van der Waals surface area contributed by atoms with Gasteiger partial charge in [-0.3, -0.25) is 14.6 Å². The second-order valence-electron chi connectivity index (χ2n) is 8.82. The average Bonchev–Trinajstić information content (AvgIpc) is 3.33. The van der Waals surface area contributed by atoms with Gasteiger partial charge in [0.2, 0.25) is 5.82 Å². The molecule has 0 radical (unpaired) electrons. The third kappa shape index (κ3) is 6.98. The molecule has 1 heterocycles. The SMILES string of the molecule is CCOC(=O)[C@H](N)C[C@@H](Cc1ccc(-c2cc(Cl)ccc2F)cc1)NC(=O)c1nn(-c2ccccc2)c(=O)[nH]1. The first-order chi connectivity index (χ1) is 18.7. The number of H-pyrrole nitrogens is 1. The lowest BCUT2D eigenvalue weighted by Crippen LogP contribution is -2.44. The Morgan fingerprint density at radius 1 is 1.13 bits per heavy atom. The van der Waals surface area contributed by atoms with Crippen molar-refractivity contribution in [2.24, 2.45) is 5.73 Å². The van der Waals surface area contributed by atoms with Crippen LogP contribution in [0.1, 0.15) is 29.5 Å².